The zero-order valence-electron chi connectivity index (χ0n) is 22.6. The Bertz CT molecular complexity index is 820. The van der Waals surface area contributed by atoms with E-state index in [1.807, 2.05) is 0 Å². The minimum Gasteiger partial charge on any atom is -0.391 e. The molecule has 35 heavy (non-hydrogen) atoms. The number of quaternary nitrogens is 1. The molecule has 198 valence electrons. The van der Waals surface area contributed by atoms with Gasteiger partial charge < -0.3 is 14.9 Å². The highest BCUT2D eigenvalue weighted by molar-refractivity contribution is 5.13. The highest BCUT2D eigenvalue weighted by atomic mass is 16.5. The lowest BCUT2D eigenvalue weighted by Gasteiger charge is -2.62. The number of fused-ring (bicyclic) bond motifs is 5. The number of aliphatic hydroxyl groups is 2. The van der Waals surface area contributed by atoms with Crippen LogP contribution in [0.2, 0.25) is 0 Å². The van der Waals surface area contributed by atoms with Gasteiger partial charge in [-0.25, -0.2) is 0 Å². The predicted molar refractivity (Wildman–Crippen MR) is 139 cm³/mol. The van der Waals surface area contributed by atoms with Crippen LogP contribution < -0.4 is 0 Å². The first-order valence-electron chi connectivity index (χ1n) is 14.9. The number of rotatable bonds is 3. The van der Waals surface area contributed by atoms with Crippen molar-refractivity contribution in [1.82, 2.24) is 4.90 Å². The number of hydrogen-bond acceptors (Lipinski definition) is 4. The molecule has 6 fully saturated rings. The maximum absolute atomic E-state index is 11.9. The normalized spacial score (nSPS) is 51.9. The van der Waals surface area contributed by atoms with Crippen LogP contribution in [0.3, 0.4) is 0 Å². The van der Waals surface area contributed by atoms with Crippen LogP contribution in [0.25, 0.3) is 0 Å². The molecule has 6 rings (SSSR count). The lowest BCUT2D eigenvalue weighted by molar-refractivity contribution is -0.907. The van der Waals surface area contributed by atoms with Gasteiger partial charge in [0.25, 0.3) is 0 Å². The first-order valence-corrected chi connectivity index (χ1v) is 14.9. The van der Waals surface area contributed by atoms with Gasteiger partial charge in [-0.3, -0.25) is 9.38 Å². The molecule has 0 aromatic carbocycles. The number of aliphatic hydroxyl groups excluding tert-OH is 2. The molecule has 5 heteroatoms. The molecule has 0 radical (unpaired) electrons. The second-order valence-corrected chi connectivity index (χ2v) is 14.1. The van der Waals surface area contributed by atoms with Gasteiger partial charge in [0.15, 0.2) is 0 Å². The average Bonchev–Trinajstić information content (AvgIpc) is 3.44. The summed E-state index contributed by atoms with van der Waals surface area (Å²) in [4.78, 5) is 2.54. The van der Waals surface area contributed by atoms with Gasteiger partial charge in [0.1, 0.15) is 12.1 Å². The Labute approximate surface area is 213 Å². The van der Waals surface area contributed by atoms with Crippen molar-refractivity contribution in [2.24, 2.45) is 34.5 Å². The monoisotopic (exact) mass is 487 g/mol. The zero-order chi connectivity index (χ0) is 24.6. The van der Waals surface area contributed by atoms with Gasteiger partial charge >= 0.3 is 0 Å². The van der Waals surface area contributed by atoms with E-state index < -0.39 is 0 Å². The molecule has 0 bridgehead atoms. The second kappa shape index (κ2) is 8.80. The van der Waals surface area contributed by atoms with Crippen molar-refractivity contribution in [3.63, 3.8) is 0 Å². The van der Waals surface area contributed by atoms with Gasteiger partial charge in [0.2, 0.25) is 0 Å². The SMILES string of the molecule is C=C(C)[N+]1(C2CC3C4CCC5CC(O)C(N6CCOCC6)CC5(C)C4CCC3(C)C2O)CCCC1. The van der Waals surface area contributed by atoms with Gasteiger partial charge in [0, 0.05) is 50.7 Å². The molecule has 4 saturated carbocycles. The third-order valence-electron chi connectivity index (χ3n) is 12.9. The fraction of sp³-hybridized carbons (Fsp3) is 0.933. The van der Waals surface area contributed by atoms with Crippen LogP contribution in [0.5, 0.6) is 0 Å². The molecule has 0 spiro atoms. The van der Waals surface area contributed by atoms with E-state index in [1.54, 1.807) is 0 Å². The lowest BCUT2D eigenvalue weighted by atomic mass is 9.44. The van der Waals surface area contributed by atoms with Gasteiger partial charge in [-0.2, -0.15) is 0 Å². The summed E-state index contributed by atoms with van der Waals surface area (Å²) in [7, 11) is 0. The van der Waals surface area contributed by atoms with E-state index in [0.717, 1.165) is 55.5 Å². The van der Waals surface area contributed by atoms with Crippen LogP contribution >= 0.6 is 0 Å². The van der Waals surface area contributed by atoms with Gasteiger partial charge in [-0.05, 0) is 74.2 Å². The molecule has 10 atom stereocenters. The van der Waals surface area contributed by atoms with Gasteiger partial charge in [-0.15, -0.1) is 0 Å². The van der Waals surface area contributed by atoms with Crippen LogP contribution in [0, 0.1) is 34.5 Å². The van der Waals surface area contributed by atoms with E-state index in [0.29, 0.717) is 23.3 Å². The Morgan fingerprint density at radius 2 is 1.69 bits per heavy atom. The molecule has 0 aromatic heterocycles. The summed E-state index contributed by atoms with van der Waals surface area (Å²) in [6.45, 7) is 17.6. The largest absolute Gasteiger partial charge is 0.391 e. The van der Waals surface area contributed by atoms with Crippen LogP contribution in [-0.4, -0.2) is 83.3 Å². The fourth-order valence-corrected chi connectivity index (χ4v) is 10.9. The molecule has 10 unspecified atom stereocenters. The molecule has 2 heterocycles. The van der Waals surface area contributed by atoms with E-state index >= 15 is 0 Å². The molecule has 2 N–H and O–H groups in total. The van der Waals surface area contributed by atoms with Gasteiger partial charge in [-0.1, -0.05) is 13.8 Å². The fourth-order valence-electron chi connectivity index (χ4n) is 10.9. The van der Waals surface area contributed by atoms with Crippen LogP contribution in [0.4, 0.5) is 0 Å². The Balaban J connectivity index is 1.27. The summed E-state index contributed by atoms with van der Waals surface area (Å²) >= 11 is 0. The third-order valence-corrected chi connectivity index (χ3v) is 12.9. The molecule has 2 aliphatic heterocycles. The van der Waals surface area contributed by atoms with Crippen molar-refractivity contribution in [1.29, 1.82) is 0 Å². The highest BCUT2D eigenvalue weighted by Gasteiger charge is 2.66. The summed E-state index contributed by atoms with van der Waals surface area (Å²) in [6, 6.07) is 0.625. The summed E-state index contributed by atoms with van der Waals surface area (Å²) in [5.41, 5.74) is 1.63. The van der Waals surface area contributed by atoms with Crippen molar-refractivity contribution in [2.45, 2.75) is 103 Å². The number of morpholine rings is 1. The quantitative estimate of drug-likeness (QED) is 0.587. The van der Waals surface area contributed by atoms with Crippen LogP contribution in [0.15, 0.2) is 12.3 Å². The van der Waals surface area contributed by atoms with E-state index in [4.69, 9.17) is 4.74 Å². The third kappa shape index (κ3) is 3.58. The number of allylic oxidation sites excluding steroid dienone is 1. The molecular formula is C30H51N2O3+. The lowest BCUT2D eigenvalue weighted by Crippen LogP contribution is -2.61. The molecule has 0 aromatic rings. The maximum atomic E-state index is 11.9. The maximum Gasteiger partial charge on any atom is 0.120 e. The molecule has 5 nitrogen and oxygen atoms in total. The first-order chi connectivity index (χ1) is 16.7. The summed E-state index contributed by atoms with van der Waals surface area (Å²) in [6.07, 6.45) is 10.4. The molecule has 2 saturated heterocycles. The molecule has 4 aliphatic carbocycles. The topological polar surface area (TPSA) is 52.9 Å². The number of ether oxygens (including phenoxy) is 1. The van der Waals surface area contributed by atoms with Crippen LogP contribution in [-0.2, 0) is 4.74 Å². The minimum absolute atomic E-state index is 0.0517. The van der Waals surface area contributed by atoms with E-state index in [9.17, 15) is 10.2 Å². The van der Waals surface area contributed by atoms with E-state index in [2.05, 4.69) is 32.3 Å². The average molecular weight is 488 g/mol. The Hall–Kier alpha value is -0.460. The number of nitrogens with zero attached hydrogens (tertiary/aromatic N) is 2. The standard InChI is InChI=1S/C30H51N2O3/c1-20(2)32(13-5-6-14-32)26-18-24-22-8-7-21-17-27(33)25(31-11-15-35-16-12-31)19-30(21,4)23(22)9-10-29(24,3)28(26)34/h21-28,33-34H,1,5-19H2,2-4H3/q+1. The van der Waals surface area contributed by atoms with Crippen molar-refractivity contribution in [3.05, 3.63) is 12.3 Å². The smallest absolute Gasteiger partial charge is 0.120 e. The zero-order valence-corrected chi connectivity index (χ0v) is 22.6. The molecule has 0 amide bonds. The van der Waals surface area contributed by atoms with Crippen molar-refractivity contribution in [2.75, 3.05) is 39.4 Å². The Kier molecular flexibility index (Phi) is 6.25. The van der Waals surface area contributed by atoms with Crippen LogP contribution in [0.1, 0.15) is 78.6 Å². The Morgan fingerprint density at radius 3 is 2.37 bits per heavy atom. The summed E-state index contributed by atoms with van der Waals surface area (Å²) in [5, 5.41) is 23.2. The van der Waals surface area contributed by atoms with Crippen molar-refractivity contribution in [3.8, 4) is 0 Å². The molecule has 6 aliphatic rings. The number of hydrogen-bond donors (Lipinski definition) is 2. The summed E-state index contributed by atoms with van der Waals surface area (Å²) < 4.78 is 6.62. The first kappa shape index (κ1) is 24.9. The minimum atomic E-state index is -0.206. The Morgan fingerprint density at radius 1 is 0.971 bits per heavy atom. The van der Waals surface area contributed by atoms with E-state index in [1.165, 1.54) is 63.7 Å². The van der Waals surface area contributed by atoms with Crippen molar-refractivity contribution < 1.29 is 19.4 Å². The number of likely N-dealkylation sites (tertiary alicyclic amines) is 1. The van der Waals surface area contributed by atoms with E-state index in [-0.39, 0.29) is 23.7 Å². The highest BCUT2D eigenvalue weighted by Crippen LogP contribution is 2.67. The summed E-state index contributed by atoms with van der Waals surface area (Å²) in [5.74, 6) is 2.73. The predicted octanol–water partition coefficient (Wildman–Crippen LogP) is 4.18. The van der Waals surface area contributed by atoms with Gasteiger partial charge in [0.05, 0.1) is 38.1 Å². The second-order valence-electron chi connectivity index (χ2n) is 14.1. The molecular weight excluding hydrogens is 436 g/mol. The van der Waals surface area contributed by atoms with Crippen molar-refractivity contribution >= 4 is 0 Å².